The van der Waals surface area contributed by atoms with Gasteiger partial charge in [0, 0.05) is 6.42 Å². The molecule has 0 N–H and O–H groups in total. The Morgan fingerprint density at radius 3 is 2.62 bits per heavy atom. The summed E-state index contributed by atoms with van der Waals surface area (Å²) < 4.78 is 4.45. The van der Waals surface area contributed by atoms with E-state index in [-0.39, 0.29) is 5.97 Å². The van der Waals surface area contributed by atoms with Crippen LogP contribution < -0.4 is 0 Å². The van der Waals surface area contributed by atoms with E-state index >= 15 is 0 Å². The van der Waals surface area contributed by atoms with E-state index in [1.165, 1.54) is 7.11 Å². The lowest BCUT2D eigenvalue weighted by atomic mass is 10.3. The molecule has 0 atom stereocenters. The van der Waals surface area contributed by atoms with E-state index in [9.17, 15) is 4.79 Å². The van der Waals surface area contributed by atoms with Gasteiger partial charge in [-0.05, 0) is 0 Å². The second-order valence-electron chi connectivity index (χ2n) is 2.09. The van der Waals surface area contributed by atoms with Gasteiger partial charge < -0.3 is 4.74 Å². The molecule has 0 aliphatic heterocycles. The molecule has 0 heterocycles. The molecular weight excluding hydrogens is 232 g/mol. The molecule has 0 amide bonds. The maximum Gasteiger partial charge on any atom is 0.306 e. The molecular formula is C10H11BrO2. The number of hydrogen-bond donors (Lipinski definition) is 0. The molecule has 2 nitrogen and oxygen atoms in total. The lowest BCUT2D eigenvalue weighted by Crippen LogP contribution is -1.98. The largest absolute Gasteiger partial charge is 0.469 e. The summed E-state index contributed by atoms with van der Waals surface area (Å²) in [6.07, 6.45) is 1.46. The molecule has 0 aliphatic carbocycles. The third-order valence-corrected chi connectivity index (χ3v) is 1.46. The van der Waals surface area contributed by atoms with Crippen molar-refractivity contribution in [2.45, 2.75) is 19.3 Å². The monoisotopic (exact) mass is 242 g/mol. The van der Waals surface area contributed by atoms with Crippen LogP contribution in [0.2, 0.25) is 0 Å². The van der Waals surface area contributed by atoms with E-state index in [4.69, 9.17) is 0 Å². The summed E-state index contributed by atoms with van der Waals surface area (Å²) >= 11 is 3.18. The molecule has 0 bridgehead atoms. The third kappa shape index (κ3) is 8.98. The van der Waals surface area contributed by atoms with Crippen molar-refractivity contribution in [3.05, 3.63) is 0 Å². The number of rotatable bonds is 2. The Labute approximate surface area is 87.2 Å². The maximum absolute atomic E-state index is 10.6. The Morgan fingerprint density at radius 1 is 1.31 bits per heavy atom. The van der Waals surface area contributed by atoms with Gasteiger partial charge in [0.2, 0.25) is 0 Å². The van der Waals surface area contributed by atoms with Crippen molar-refractivity contribution in [1.82, 2.24) is 0 Å². The topological polar surface area (TPSA) is 26.3 Å². The first-order chi connectivity index (χ1) is 6.31. The number of methoxy groups -OCH3 is 1. The Bertz CT molecular complexity index is 262. The molecule has 3 heteroatoms. The van der Waals surface area contributed by atoms with Crippen LogP contribution in [0.3, 0.4) is 0 Å². The molecule has 0 saturated carbocycles. The molecule has 0 fully saturated rings. The fourth-order valence-electron chi connectivity index (χ4n) is 0.571. The highest BCUT2D eigenvalue weighted by Crippen LogP contribution is 1.89. The van der Waals surface area contributed by atoms with Crippen LogP contribution in [-0.2, 0) is 9.53 Å². The van der Waals surface area contributed by atoms with Gasteiger partial charge in [-0.1, -0.05) is 33.7 Å². The summed E-state index contributed by atoms with van der Waals surface area (Å²) in [5.41, 5.74) is 0. The first kappa shape index (κ1) is 12.1. The predicted molar refractivity (Wildman–Crippen MR) is 55.2 cm³/mol. The van der Waals surface area contributed by atoms with Crippen molar-refractivity contribution in [2.24, 2.45) is 0 Å². The van der Waals surface area contributed by atoms with Crippen LogP contribution in [-0.4, -0.2) is 18.4 Å². The summed E-state index contributed by atoms with van der Waals surface area (Å²) in [6, 6.07) is 0. The molecule has 0 saturated heterocycles. The molecule has 70 valence electrons. The van der Waals surface area contributed by atoms with Gasteiger partial charge in [-0.25, -0.2) is 0 Å². The second-order valence-corrected chi connectivity index (χ2v) is 2.65. The first-order valence-corrected chi connectivity index (χ1v) is 4.97. The van der Waals surface area contributed by atoms with Gasteiger partial charge in [0.05, 0.1) is 25.3 Å². The minimum absolute atomic E-state index is 0.221. The van der Waals surface area contributed by atoms with E-state index in [0.29, 0.717) is 24.6 Å². The Hall–Kier alpha value is -0.930. The van der Waals surface area contributed by atoms with Gasteiger partial charge >= 0.3 is 5.97 Å². The van der Waals surface area contributed by atoms with Crippen molar-refractivity contribution < 1.29 is 9.53 Å². The zero-order valence-electron chi connectivity index (χ0n) is 7.52. The lowest BCUT2D eigenvalue weighted by Gasteiger charge is -1.91. The highest BCUT2D eigenvalue weighted by Gasteiger charge is 1.94. The van der Waals surface area contributed by atoms with E-state index in [0.717, 1.165) is 0 Å². The molecule has 0 aromatic carbocycles. The number of carbonyl (C=O) groups is 1. The quantitative estimate of drug-likeness (QED) is 0.419. The second kappa shape index (κ2) is 9.16. The number of ether oxygens (including phenoxy) is 1. The zero-order chi connectivity index (χ0) is 9.94. The number of alkyl halides is 1. The van der Waals surface area contributed by atoms with Gasteiger partial charge in [-0.2, -0.15) is 0 Å². The molecule has 0 unspecified atom stereocenters. The van der Waals surface area contributed by atoms with Crippen LogP contribution in [0.15, 0.2) is 0 Å². The minimum Gasteiger partial charge on any atom is -0.469 e. The van der Waals surface area contributed by atoms with Gasteiger partial charge in [0.1, 0.15) is 0 Å². The summed E-state index contributed by atoms with van der Waals surface area (Å²) in [4.78, 5) is 10.6. The average molecular weight is 243 g/mol. The number of esters is 1. The van der Waals surface area contributed by atoms with Crippen molar-refractivity contribution >= 4 is 21.9 Å². The molecule has 13 heavy (non-hydrogen) atoms. The summed E-state index contributed by atoms with van der Waals surface area (Å²) in [5, 5.41) is 0.677. The Kier molecular flexibility index (Phi) is 8.51. The van der Waals surface area contributed by atoms with Crippen LogP contribution in [0.4, 0.5) is 0 Å². The Morgan fingerprint density at radius 2 is 2.00 bits per heavy atom. The maximum atomic E-state index is 10.6. The summed E-state index contributed by atoms with van der Waals surface area (Å²) in [5.74, 6) is 11.1. The van der Waals surface area contributed by atoms with Gasteiger partial charge in [0.15, 0.2) is 0 Å². The summed E-state index contributed by atoms with van der Waals surface area (Å²) in [6.45, 7) is 0. The van der Waals surface area contributed by atoms with Crippen LogP contribution >= 0.6 is 15.9 Å². The van der Waals surface area contributed by atoms with Gasteiger partial charge in [-0.15, -0.1) is 5.92 Å². The van der Waals surface area contributed by atoms with Crippen molar-refractivity contribution in [3.63, 3.8) is 0 Å². The average Bonchev–Trinajstić information content (AvgIpc) is 2.16. The molecule has 0 rings (SSSR count). The predicted octanol–water partition coefficient (Wildman–Crippen LogP) is 1.73. The highest BCUT2D eigenvalue weighted by atomic mass is 79.9. The highest BCUT2D eigenvalue weighted by molar-refractivity contribution is 9.09. The molecule has 0 aliphatic rings. The normalized spacial score (nSPS) is 7.54. The van der Waals surface area contributed by atoms with E-state index in [1.54, 1.807) is 0 Å². The fraction of sp³-hybridized carbons (Fsp3) is 0.500. The number of carbonyl (C=O) groups excluding carboxylic acids is 1. The van der Waals surface area contributed by atoms with Crippen molar-refractivity contribution in [3.8, 4) is 23.7 Å². The van der Waals surface area contributed by atoms with Crippen molar-refractivity contribution in [2.75, 3.05) is 12.4 Å². The fourth-order valence-corrected chi connectivity index (χ4v) is 0.770. The van der Waals surface area contributed by atoms with E-state index in [1.807, 2.05) is 0 Å². The van der Waals surface area contributed by atoms with Crippen LogP contribution in [0.1, 0.15) is 19.3 Å². The van der Waals surface area contributed by atoms with Crippen LogP contribution in [0.25, 0.3) is 0 Å². The van der Waals surface area contributed by atoms with Crippen LogP contribution in [0.5, 0.6) is 0 Å². The molecule has 0 aromatic rings. The standard InChI is InChI=1S/C10H11BrO2/c1-13-10(12)8-6-4-2-3-5-7-9-11/h3,6,8-9H2,1H3. The van der Waals surface area contributed by atoms with E-state index < -0.39 is 0 Å². The first-order valence-electron chi connectivity index (χ1n) is 3.85. The van der Waals surface area contributed by atoms with Crippen molar-refractivity contribution in [1.29, 1.82) is 0 Å². The smallest absolute Gasteiger partial charge is 0.306 e. The number of halogens is 1. The Balaban J connectivity index is 3.46. The van der Waals surface area contributed by atoms with E-state index in [2.05, 4.69) is 44.3 Å². The summed E-state index contributed by atoms with van der Waals surface area (Å²) in [7, 11) is 1.37. The van der Waals surface area contributed by atoms with Gasteiger partial charge in [0.25, 0.3) is 0 Å². The molecule has 0 aromatic heterocycles. The molecule has 0 spiro atoms. The minimum atomic E-state index is -0.221. The molecule has 0 radical (unpaired) electrons. The SMILES string of the molecule is COC(=O)CCC#CCC#CCBr. The third-order valence-electron chi connectivity index (χ3n) is 1.18. The zero-order valence-corrected chi connectivity index (χ0v) is 9.11. The number of hydrogen-bond acceptors (Lipinski definition) is 2. The van der Waals surface area contributed by atoms with Gasteiger partial charge in [-0.3, -0.25) is 4.79 Å². The lowest BCUT2D eigenvalue weighted by molar-refractivity contribution is -0.140. The van der Waals surface area contributed by atoms with Crippen LogP contribution in [0, 0.1) is 23.7 Å².